The van der Waals surface area contributed by atoms with Gasteiger partial charge in [0.15, 0.2) is 0 Å². The first-order valence-electron chi connectivity index (χ1n) is 10.4. The van der Waals surface area contributed by atoms with E-state index in [0.717, 1.165) is 36.1 Å². The Morgan fingerprint density at radius 3 is 2.84 bits per heavy atom. The molecule has 2 aromatic heterocycles. The van der Waals surface area contributed by atoms with Crippen molar-refractivity contribution in [1.29, 1.82) is 0 Å². The van der Waals surface area contributed by atoms with Gasteiger partial charge in [0.25, 0.3) is 5.91 Å². The lowest BCUT2D eigenvalue weighted by Gasteiger charge is -2.10. The number of carbonyl (C=O) groups is 1. The minimum absolute atomic E-state index is 0.0379. The van der Waals surface area contributed by atoms with E-state index in [0.29, 0.717) is 29.6 Å². The highest BCUT2D eigenvalue weighted by atomic mass is 19.1. The highest BCUT2D eigenvalue weighted by molar-refractivity contribution is 6.07. The molecule has 6 nitrogen and oxygen atoms in total. The normalized spacial score (nSPS) is 16.1. The monoisotopic (exact) mass is 418 g/mol. The lowest BCUT2D eigenvalue weighted by atomic mass is 10.1. The highest BCUT2D eigenvalue weighted by Gasteiger charge is 2.21. The first kappa shape index (κ1) is 19.5. The molecule has 5 rings (SSSR count). The predicted molar refractivity (Wildman–Crippen MR) is 116 cm³/mol. The van der Waals surface area contributed by atoms with E-state index in [2.05, 4.69) is 15.5 Å². The van der Waals surface area contributed by atoms with Gasteiger partial charge in [0, 0.05) is 43.0 Å². The molecular formula is C24H23FN4O2. The van der Waals surface area contributed by atoms with E-state index in [1.54, 1.807) is 18.5 Å². The second-order valence-corrected chi connectivity index (χ2v) is 7.83. The molecule has 3 heterocycles. The number of fused-ring (bicyclic) bond motifs is 1. The van der Waals surface area contributed by atoms with Gasteiger partial charge in [0.1, 0.15) is 5.82 Å². The minimum atomic E-state index is -0.395. The van der Waals surface area contributed by atoms with E-state index in [1.165, 1.54) is 6.07 Å². The molecule has 0 radical (unpaired) electrons. The fraction of sp³-hybridized carbons (Fsp3) is 0.250. The topological polar surface area (TPSA) is 71.9 Å². The van der Waals surface area contributed by atoms with Crippen LogP contribution < -0.4 is 5.32 Å². The van der Waals surface area contributed by atoms with Gasteiger partial charge in [-0.2, -0.15) is 5.10 Å². The van der Waals surface area contributed by atoms with Crippen LogP contribution >= 0.6 is 0 Å². The zero-order valence-corrected chi connectivity index (χ0v) is 17.0. The van der Waals surface area contributed by atoms with Gasteiger partial charge in [-0.25, -0.2) is 4.39 Å². The third-order valence-corrected chi connectivity index (χ3v) is 5.75. The van der Waals surface area contributed by atoms with Crippen molar-refractivity contribution in [3.8, 4) is 11.1 Å². The number of amides is 1. The molecule has 0 bridgehead atoms. The maximum atomic E-state index is 14.7. The molecule has 1 amide bonds. The summed E-state index contributed by atoms with van der Waals surface area (Å²) in [6.45, 7) is 1.70. The van der Waals surface area contributed by atoms with E-state index in [-0.39, 0.29) is 12.0 Å². The van der Waals surface area contributed by atoms with Gasteiger partial charge in [-0.3, -0.25) is 9.89 Å². The largest absolute Gasteiger partial charge is 0.376 e. The van der Waals surface area contributed by atoms with Crippen LogP contribution in [-0.4, -0.2) is 39.9 Å². The van der Waals surface area contributed by atoms with E-state index >= 15 is 0 Å². The summed E-state index contributed by atoms with van der Waals surface area (Å²) in [4.78, 5) is 12.9. The Hall–Kier alpha value is -3.45. The van der Waals surface area contributed by atoms with Crippen molar-refractivity contribution >= 4 is 16.8 Å². The Morgan fingerprint density at radius 2 is 2.10 bits per heavy atom. The molecule has 0 aliphatic carbocycles. The molecule has 1 aliphatic rings. The average Bonchev–Trinajstić information content (AvgIpc) is 3.55. The number of hydrogen-bond acceptors (Lipinski definition) is 3. The summed E-state index contributed by atoms with van der Waals surface area (Å²) in [6, 6.07) is 13.0. The lowest BCUT2D eigenvalue weighted by molar-refractivity contribution is 0.0859. The second-order valence-electron chi connectivity index (χ2n) is 7.83. The van der Waals surface area contributed by atoms with Crippen LogP contribution in [0.5, 0.6) is 0 Å². The minimum Gasteiger partial charge on any atom is -0.376 e. The molecule has 0 unspecified atom stereocenters. The quantitative estimate of drug-likeness (QED) is 0.495. The molecule has 1 atom stereocenters. The third kappa shape index (κ3) is 3.96. The molecular weight excluding hydrogens is 395 g/mol. The number of ether oxygens (including phenoxy) is 1. The van der Waals surface area contributed by atoms with E-state index < -0.39 is 5.82 Å². The van der Waals surface area contributed by atoms with Gasteiger partial charge >= 0.3 is 0 Å². The number of nitrogens with one attached hydrogen (secondary N) is 2. The van der Waals surface area contributed by atoms with Crippen molar-refractivity contribution < 1.29 is 13.9 Å². The summed E-state index contributed by atoms with van der Waals surface area (Å²) in [5.41, 5.74) is 4.18. The Bertz CT molecular complexity index is 1190. The lowest BCUT2D eigenvalue weighted by Crippen LogP contribution is -2.31. The van der Waals surface area contributed by atoms with Gasteiger partial charge < -0.3 is 14.6 Å². The van der Waals surface area contributed by atoms with E-state index in [1.807, 2.05) is 41.1 Å². The van der Waals surface area contributed by atoms with Crippen molar-refractivity contribution in [3.63, 3.8) is 0 Å². The fourth-order valence-electron chi connectivity index (χ4n) is 4.13. The summed E-state index contributed by atoms with van der Waals surface area (Å²) in [7, 11) is 0. The van der Waals surface area contributed by atoms with Crippen LogP contribution in [0.2, 0.25) is 0 Å². The predicted octanol–water partition coefficient (Wildman–Crippen LogP) is 4.13. The van der Waals surface area contributed by atoms with Crippen LogP contribution in [0, 0.1) is 5.82 Å². The van der Waals surface area contributed by atoms with Crippen LogP contribution in [0.3, 0.4) is 0 Å². The Morgan fingerprint density at radius 1 is 1.23 bits per heavy atom. The zero-order chi connectivity index (χ0) is 21.2. The average molecular weight is 418 g/mol. The van der Waals surface area contributed by atoms with Crippen LogP contribution in [0.4, 0.5) is 4.39 Å². The Kier molecular flexibility index (Phi) is 5.26. The molecule has 7 heteroatoms. The van der Waals surface area contributed by atoms with Gasteiger partial charge in [0.2, 0.25) is 0 Å². The number of aromatic amines is 1. The van der Waals surface area contributed by atoms with Crippen LogP contribution in [0.1, 0.15) is 28.8 Å². The molecule has 2 aromatic carbocycles. The van der Waals surface area contributed by atoms with Crippen molar-refractivity contribution in [2.45, 2.75) is 25.5 Å². The zero-order valence-electron chi connectivity index (χ0n) is 17.0. The number of carbonyl (C=O) groups excluding carboxylic acids is 1. The van der Waals surface area contributed by atoms with Crippen LogP contribution in [-0.2, 0) is 11.3 Å². The highest BCUT2D eigenvalue weighted by Crippen LogP contribution is 2.26. The fourth-order valence-corrected chi connectivity index (χ4v) is 4.13. The molecule has 1 saturated heterocycles. The number of aromatic nitrogens is 3. The van der Waals surface area contributed by atoms with Crippen molar-refractivity contribution in [2.75, 3.05) is 13.2 Å². The van der Waals surface area contributed by atoms with Crippen LogP contribution in [0.25, 0.3) is 22.0 Å². The maximum Gasteiger partial charge on any atom is 0.253 e. The third-order valence-electron chi connectivity index (χ3n) is 5.75. The summed E-state index contributed by atoms with van der Waals surface area (Å²) >= 11 is 0. The van der Waals surface area contributed by atoms with Gasteiger partial charge in [-0.05, 0) is 36.1 Å². The number of halogens is 1. The number of benzene rings is 2. The number of H-pyrrole nitrogens is 1. The smallest absolute Gasteiger partial charge is 0.253 e. The van der Waals surface area contributed by atoms with Crippen molar-refractivity contribution in [1.82, 2.24) is 20.1 Å². The first-order chi connectivity index (χ1) is 15.2. The second kappa shape index (κ2) is 8.35. The molecule has 158 valence electrons. The van der Waals surface area contributed by atoms with E-state index in [9.17, 15) is 9.18 Å². The Labute approximate surface area is 179 Å². The molecule has 1 aliphatic heterocycles. The number of hydrogen-bond donors (Lipinski definition) is 2. The van der Waals surface area contributed by atoms with E-state index in [4.69, 9.17) is 4.74 Å². The van der Waals surface area contributed by atoms with Crippen molar-refractivity contribution in [2.24, 2.45) is 0 Å². The summed E-state index contributed by atoms with van der Waals surface area (Å²) in [6.07, 6.45) is 7.34. The number of nitrogens with zero attached hydrogens (tertiary/aromatic N) is 2. The van der Waals surface area contributed by atoms with Crippen molar-refractivity contribution in [3.05, 3.63) is 78.0 Å². The van der Waals surface area contributed by atoms with Crippen LogP contribution in [0.15, 0.2) is 61.1 Å². The molecule has 31 heavy (non-hydrogen) atoms. The summed E-state index contributed by atoms with van der Waals surface area (Å²) in [5.74, 6) is -0.673. The Balaban J connectivity index is 1.41. The summed E-state index contributed by atoms with van der Waals surface area (Å²) < 4.78 is 22.2. The molecule has 2 N–H and O–H groups in total. The van der Waals surface area contributed by atoms with Gasteiger partial charge in [0.05, 0.1) is 23.4 Å². The maximum absolute atomic E-state index is 14.7. The first-order valence-corrected chi connectivity index (χ1v) is 10.4. The molecule has 4 aromatic rings. The van der Waals surface area contributed by atoms with Gasteiger partial charge in [-0.15, -0.1) is 0 Å². The molecule has 0 spiro atoms. The number of rotatable bonds is 6. The molecule has 0 saturated carbocycles. The standard InChI is InChI=1S/C24H23FN4O2/c25-21-4-1-5-22-23(21)20(24(30)26-13-19-3-2-10-31-19)15-29(22)14-16-6-8-17(9-7-16)18-11-27-28-12-18/h1,4-9,11-12,15,19H,2-3,10,13-14H2,(H,26,30)(H,27,28)/t19-/m1/s1. The summed E-state index contributed by atoms with van der Waals surface area (Å²) in [5, 5.41) is 10.1. The SMILES string of the molecule is O=C(NC[C@H]1CCCO1)c1cn(Cc2ccc(-c3cn[nH]c3)cc2)c2cccc(F)c12. The molecule has 1 fully saturated rings. The van der Waals surface area contributed by atoms with Gasteiger partial charge in [-0.1, -0.05) is 30.3 Å².